The largest absolute Gasteiger partial charge is 0.371 e. The number of carbonyl (C=O) groups is 1. The lowest BCUT2D eigenvalue weighted by Crippen LogP contribution is -2.53. The molecular formula is C20H26N2O4S. The summed E-state index contributed by atoms with van der Waals surface area (Å²) < 4.78 is 6.28. The minimum Gasteiger partial charge on any atom is -0.371 e. The summed E-state index contributed by atoms with van der Waals surface area (Å²) in [5.41, 5.74) is 1.15. The highest BCUT2D eigenvalue weighted by atomic mass is 32.2. The first-order chi connectivity index (χ1) is 13.1. The van der Waals surface area contributed by atoms with Crippen LogP contribution in [-0.4, -0.2) is 41.9 Å². The summed E-state index contributed by atoms with van der Waals surface area (Å²) in [5, 5.41) is 2.88. The van der Waals surface area contributed by atoms with E-state index in [2.05, 4.69) is 10.2 Å². The highest BCUT2D eigenvalue weighted by molar-refractivity contribution is 8.00. The molecule has 0 bridgehead atoms. The Morgan fingerprint density at radius 2 is 1.96 bits per heavy atom. The van der Waals surface area contributed by atoms with E-state index in [1.165, 1.54) is 11.8 Å². The van der Waals surface area contributed by atoms with E-state index in [1.807, 2.05) is 45.0 Å². The molecule has 0 heterocycles. The molecule has 0 spiro atoms. The van der Waals surface area contributed by atoms with Crippen molar-refractivity contribution in [3.63, 3.8) is 0 Å². The van der Waals surface area contributed by atoms with Gasteiger partial charge in [0, 0.05) is 16.1 Å². The van der Waals surface area contributed by atoms with Crippen LogP contribution in [0.5, 0.6) is 0 Å². The molecule has 7 heteroatoms. The van der Waals surface area contributed by atoms with Crippen LogP contribution in [0.25, 0.3) is 0 Å². The van der Waals surface area contributed by atoms with Crippen molar-refractivity contribution in [1.82, 2.24) is 0 Å². The Balaban J connectivity index is 2.40. The number of aliphatic imine (C=N–C) groups is 1. The van der Waals surface area contributed by atoms with Crippen LogP contribution in [0.2, 0.25) is 0 Å². The summed E-state index contributed by atoms with van der Waals surface area (Å²) in [6, 6.07) is 6.52. The molecule has 0 N–H and O–H groups in total. The summed E-state index contributed by atoms with van der Waals surface area (Å²) in [6.07, 6.45) is 3.67. The Hall–Kier alpha value is -1.82. The molecule has 0 radical (unpaired) electrons. The van der Waals surface area contributed by atoms with Gasteiger partial charge in [0.05, 0.1) is 12.2 Å². The van der Waals surface area contributed by atoms with Gasteiger partial charge in [-0.1, -0.05) is 36.7 Å². The normalized spacial score (nSPS) is 27.8. The molecule has 1 aromatic carbocycles. The lowest BCUT2D eigenvalue weighted by molar-refractivity contribution is -0.115. The van der Waals surface area contributed by atoms with Crippen LogP contribution >= 0.6 is 11.8 Å². The van der Waals surface area contributed by atoms with E-state index >= 15 is 0 Å². The van der Waals surface area contributed by atoms with Gasteiger partial charge < -0.3 is 9.53 Å². The zero-order valence-corrected chi connectivity index (χ0v) is 16.7. The molecule has 1 fully saturated rings. The second-order valence-electron chi connectivity index (χ2n) is 6.85. The molecule has 0 unspecified atom stereocenters. The first kappa shape index (κ1) is 21.5. The second kappa shape index (κ2) is 10.5. The van der Waals surface area contributed by atoms with Gasteiger partial charge in [-0.15, -0.1) is 11.8 Å². The summed E-state index contributed by atoms with van der Waals surface area (Å²) in [5.74, 6) is -0.406. The van der Waals surface area contributed by atoms with Gasteiger partial charge in [0.1, 0.15) is 18.4 Å². The number of aldehydes is 1. The maximum Gasteiger partial charge on any atom is 0.235 e. The van der Waals surface area contributed by atoms with E-state index in [4.69, 9.17) is 4.74 Å². The predicted octanol–water partition coefficient (Wildman–Crippen LogP) is 4.09. The fourth-order valence-corrected chi connectivity index (χ4v) is 4.77. The molecule has 5 atom stereocenters. The third-order valence-corrected chi connectivity index (χ3v) is 6.49. The van der Waals surface area contributed by atoms with Crippen molar-refractivity contribution in [3.05, 3.63) is 34.7 Å². The minimum atomic E-state index is -0.768. The fraction of sp³-hybridized carbons (Fsp3) is 0.600. The van der Waals surface area contributed by atoms with Crippen molar-refractivity contribution < 1.29 is 14.3 Å². The number of thioether (sulfide) groups is 1. The van der Waals surface area contributed by atoms with Crippen LogP contribution in [0, 0.1) is 17.7 Å². The van der Waals surface area contributed by atoms with Crippen molar-refractivity contribution in [1.29, 1.82) is 0 Å². The van der Waals surface area contributed by atoms with Gasteiger partial charge in [-0.05, 0) is 38.3 Å². The Morgan fingerprint density at radius 3 is 2.48 bits per heavy atom. The van der Waals surface area contributed by atoms with Gasteiger partial charge in [-0.2, -0.15) is 9.90 Å². The summed E-state index contributed by atoms with van der Waals surface area (Å²) >= 11 is 1.53. The SMILES string of the molecule is CCC(CC)O[C@H]1[C@H](N=C=O)[C@@H](N=O)C[C@@H](C=O)[C@H]1Sc1ccc(C)cc1. The van der Waals surface area contributed by atoms with E-state index in [9.17, 15) is 14.5 Å². The first-order valence-electron chi connectivity index (χ1n) is 9.31. The molecule has 0 amide bonds. The van der Waals surface area contributed by atoms with Gasteiger partial charge in [-0.3, -0.25) is 0 Å². The van der Waals surface area contributed by atoms with E-state index in [0.29, 0.717) is 0 Å². The van der Waals surface area contributed by atoms with Crippen molar-refractivity contribution in [3.8, 4) is 0 Å². The second-order valence-corrected chi connectivity index (χ2v) is 8.11. The number of hydrogen-bond acceptors (Lipinski definition) is 7. The number of carbonyl (C=O) groups excluding carboxylic acids is 2. The zero-order chi connectivity index (χ0) is 19.8. The molecule has 146 valence electrons. The Bertz CT molecular complexity index is 671. The number of benzene rings is 1. The number of nitrogens with zero attached hydrogens (tertiary/aromatic N) is 2. The van der Waals surface area contributed by atoms with Crippen molar-refractivity contribution in [2.24, 2.45) is 16.1 Å². The molecule has 0 saturated heterocycles. The van der Waals surface area contributed by atoms with E-state index in [1.54, 1.807) is 6.08 Å². The molecule has 1 aliphatic rings. The molecule has 1 saturated carbocycles. The van der Waals surface area contributed by atoms with E-state index in [-0.39, 0.29) is 17.8 Å². The van der Waals surface area contributed by atoms with Gasteiger partial charge in [0.15, 0.2) is 0 Å². The van der Waals surface area contributed by atoms with Crippen LogP contribution in [0.15, 0.2) is 39.3 Å². The number of isocyanates is 1. The summed E-state index contributed by atoms with van der Waals surface area (Å²) in [6.45, 7) is 6.05. The third-order valence-electron chi connectivity index (χ3n) is 5.06. The highest BCUT2D eigenvalue weighted by Gasteiger charge is 2.48. The first-order valence-corrected chi connectivity index (χ1v) is 10.2. The minimum absolute atomic E-state index is 0.0434. The Morgan fingerprint density at radius 1 is 1.30 bits per heavy atom. The summed E-state index contributed by atoms with van der Waals surface area (Å²) in [4.78, 5) is 39.0. The standard InChI is InChI=1S/C20H26N2O4S/c1-4-15(5-2)26-19-18(21-12-24)17(22-25)10-14(11-23)20(19)27-16-8-6-13(3)7-9-16/h6-9,11,14-15,17-20H,4-5,10H2,1-3H3/t14-,17-,18+,19-,20+/m0/s1. The average molecular weight is 391 g/mol. The molecule has 27 heavy (non-hydrogen) atoms. The molecular weight excluding hydrogens is 364 g/mol. The van der Waals surface area contributed by atoms with Gasteiger partial charge in [0.2, 0.25) is 6.08 Å². The van der Waals surface area contributed by atoms with Crippen LogP contribution in [0.4, 0.5) is 0 Å². The maximum atomic E-state index is 11.8. The topological polar surface area (TPSA) is 85.2 Å². The molecule has 0 aliphatic heterocycles. The fourth-order valence-electron chi connectivity index (χ4n) is 3.46. The van der Waals surface area contributed by atoms with Crippen LogP contribution in [0.3, 0.4) is 0 Å². The molecule has 0 aromatic heterocycles. The highest BCUT2D eigenvalue weighted by Crippen LogP contribution is 2.41. The average Bonchev–Trinajstić information content (AvgIpc) is 2.69. The van der Waals surface area contributed by atoms with Crippen molar-refractivity contribution >= 4 is 24.1 Å². The number of rotatable bonds is 9. The molecule has 2 rings (SSSR count). The lowest BCUT2D eigenvalue weighted by Gasteiger charge is -2.42. The monoisotopic (exact) mass is 390 g/mol. The molecule has 1 aromatic rings. The number of hydrogen-bond donors (Lipinski definition) is 0. The van der Waals surface area contributed by atoms with Crippen molar-refractivity contribution in [2.45, 2.75) is 74.5 Å². The zero-order valence-electron chi connectivity index (χ0n) is 15.9. The molecule has 1 aliphatic carbocycles. The van der Waals surface area contributed by atoms with Gasteiger partial charge in [-0.25, -0.2) is 4.79 Å². The van der Waals surface area contributed by atoms with E-state index in [0.717, 1.165) is 29.6 Å². The summed E-state index contributed by atoms with van der Waals surface area (Å²) in [7, 11) is 0. The van der Waals surface area contributed by atoms with Gasteiger partial charge in [0.25, 0.3) is 0 Å². The van der Waals surface area contributed by atoms with E-state index < -0.39 is 24.1 Å². The van der Waals surface area contributed by atoms with Crippen molar-refractivity contribution in [2.75, 3.05) is 0 Å². The molecule has 6 nitrogen and oxygen atoms in total. The lowest BCUT2D eigenvalue weighted by atomic mass is 9.80. The smallest absolute Gasteiger partial charge is 0.235 e. The van der Waals surface area contributed by atoms with Crippen LogP contribution in [0.1, 0.15) is 38.7 Å². The quantitative estimate of drug-likeness (QED) is 0.274. The predicted molar refractivity (Wildman–Crippen MR) is 106 cm³/mol. The third kappa shape index (κ3) is 5.34. The number of nitroso groups, excluding NO2 is 1. The maximum absolute atomic E-state index is 11.8. The number of ether oxygens (including phenoxy) is 1. The number of aryl methyl sites for hydroxylation is 1. The Kier molecular flexibility index (Phi) is 8.35. The Labute approximate surface area is 164 Å². The van der Waals surface area contributed by atoms with Gasteiger partial charge >= 0.3 is 0 Å². The van der Waals surface area contributed by atoms with Crippen LogP contribution in [-0.2, 0) is 14.3 Å². The van der Waals surface area contributed by atoms with Crippen LogP contribution < -0.4 is 0 Å².